The maximum atomic E-state index is 12.2. The van der Waals surface area contributed by atoms with Crippen molar-refractivity contribution in [2.75, 3.05) is 5.32 Å². The van der Waals surface area contributed by atoms with Gasteiger partial charge in [0.25, 0.3) is 5.91 Å². The summed E-state index contributed by atoms with van der Waals surface area (Å²) in [5, 5.41) is 11.7. The average molecular weight is 314 g/mol. The number of benzene rings is 3. The van der Waals surface area contributed by atoms with Gasteiger partial charge in [0.15, 0.2) is 0 Å². The Morgan fingerprint density at radius 1 is 0.875 bits per heavy atom. The second-order valence-corrected chi connectivity index (χ2v) is 5.09. The topological polar surface area (TPSA) is 62.1 Å². The Kier molecular flexibility index (Phi) is 4.55. The highest BCUT2D eigenvalue weighted by molar-refractivity contribution is 6.04. The third-order valence-corrected chi connectivity index (χ3v) is 3.34. The van der Waals surface area contributed by atoms with Crippen LogP contribution in [0.15, 0.2) is 78.9 Å². The number of nitriles is 1. The molecule has 0 unspecified atom stereocenters. The Morgan fingerprint density at radius 3 is 2.29 bits per heavy atom. The van der Waals surface area contributed by atoms with Crippen molar-refractivity contribution in [3.05, 3.63) is 90.0 Å². The van der Waals surface area contributed by atoms with Crippen LogP contribution in [0.2, 0.25) is 0 Å². The van der Waals surface area contributed by atoms with Gasteiger partial charge in [0, 0.05) is 11.3 Å². The van der Waals surface area contributed by atoms with Crippen LogP contribution in [0.4, 0.5) is 5.69 Å². The van der Waals surface area contributed by atoms with Crippen LogP contribution in [0.25, 0.3) is 0 Å². The zero-order valence-electron chi connectivity index (χ0n) is 12.8. The van der Waals surface area contributed by atoms with Crippen molar-refractivity contribution in [1.82, 2.24) is 0 Å². The Balaban J connectivity index is 1.68. The fraction of sp³-hybridized carbons (Fsp3) is 0. The molecule has 0 bridgehead atoms. The van der Waals surface area contributed by atoms with Crippen molar-refractivity contribution < 1.29 is 9.53 Å². The molecule has 0 aliphatic carbocycles. The number of anilines is 1. The van der Waals surface area contributed by atoms with Crippen molar-refractivity contribution in [2.45, 2.75) is 0 Å². The first-order chi connectivity index (χ1) is 11.7. The summed E-state index contributed by atoms with van der Waals surface area (Å²) in [6.07, 6.45) is 0. The molecule has 0 saturated carbocycles. The highest BCUT2D eigenvalue weighted by atomic mass is 16.5. The lowest BCUT2D eigenvalue weighted by molar-refractivity contribution is 0.102. The summed E-state index contributed by atoms with van der Waals surface area (Å²) in [7, 11) is 0. The Labute approximate surface area is 139 Å². The van der Waals surface area contributed by atoms with Gasteiger partial charge in [-0.25, -0.2) is 0 Å². The number of para-hydroxylation sites is 1. The Bertz CT molecular complexity index is 882. The molecule has 24 heavy (non-hydrogen) atoms. The van der Waals surface area contributed by atoms with E-state index in [2.05, 4.69) is 5.32 Å². The van der Waals surface area contributed by atoms with Crippen LogP contribution >= 0.6 is 0 Å². The number of hydrogen-bond donors (Lipinski definition) is 1. The maximum Gasteiger partial charge on any atom is 0.255 e. The molecular weight excluding hydrogens is 300 g/mol. The van der Waals surface area contributed by atoms with E-state index in [0.717, 1.165) is 5.75 Å². The van der Waals surface area contributed by atoms with Gasteiger partial charge in [-0.3, -0.25) is 4.79 Å². The molecule has 4 nitrogen and oxygen atoms in total. The lowest BCUT2D eigenvalue weighted by Crippen LogP contribution is -2.11. The van der Waals surface area contributed by atoms with E-state index in [9.17, 15) is 4.79 Å². The van der Waals surface area contributed by atoms with Crippen LogP contribution in [-0.4, -0.2) is 5.91 Å². The first-order valence-electron chi connectivity index (χ1n) is 7.39. The number of amides is 1. The molecule has 3 aromatic carbocycles. The number of ether oxygens (including phenoxy) is 1. The van der Waals surface area contributed by atoms with Gasteiger partial charge in [-0.15, -0.1) is 0 Å². The second kappa shape index (κ2) is 7.12. The lowest BCUT2D eigenvalue weighted by atomic mass is 10.2. The van der Waals surface area contributed by atoms with E-state index in [0.29, 0.717) is 22.6 Å². The summed E-state index contributed by atoms with van der Waals surface area (Å²) in [5.74, 6) is 1.16. The zero-order chi connectivity index (χ0) is 16.8. The minimum atomic E-state index is -0.239. The smallest absolute Gasteiger partial charge is 0.255 e. The minimum absolute atomic E-state index is 0.239. The molecule has 0 saturated heterocycles. The van der Waals surface area contributed by atoms with Gasteiger partial charge in [-0.2, -0.15) is 5.26 Å². The molecule has 0 aliphatic rings. The van der Waals surface area contributed by atoms with Gasteiger partial charge in [-0.05, 0) is 54.6 Å². The molecule has 0 fully saturated rings. The fourth-order valence-electron chi connectivity index (χ4n) is 2.17. The van der Waals surface area contributed by atoms with Crippen molar-refractivity contribution >= 4 is 11.6 Å². The minimum Gasteiger partial charge on any atom is -0.457 e. The van der Waals surface area contributed by atoms with Crippen LogP contribution in [-0.2, 0) is 0 Å². The number of carbonyl (C=O) groups is 1. The molecule has 0 atom stereocenters. The van der Waals surface area contributed by atoms with Crippen LogP contribution in [0.1, 0.15) is 15.9 Å². The van der Waals surface area contributed by atoms with Gasteiger partial charge in [0.1, 0.15) is 11.5 Å². The molecule has 0 spiro atoms. The van der Waals surface area contributed by atoms with Crippen molar-refractivity contribution in [1.29, 1.82) is 5.26 Å². The standard InChI is InChI=1S/C20H14N2O2/c21-14-15-5-4-6-17(13-15)22-20(23)16-9-11-19(12-10-16)24-18-7-2-1-3-8-18/h1-13H,(H,22,23). The predicted molar refractivity (Wildman–Crippen MR) is 92.1 cm³/mol. The molecule has 1 N–H and O–H groups in total. The largest absolute Gasteiger partial charge is 0.457 e. The zero-order valence-corrected chi connectivity index (χ0v) is 12.8. The first-order valence-corrected chi connectivity index (χ1v) is 7.39. The van der Waals surface area contributed by atoms with E-state index in [1.807, 2.05) is 36.4 Å². The summed E-state index contributed by atoms with van der Waals surface area (Å²) in [5.41, 5.74) is 1.60. The van der Waals surface area contributed by atoms with E-state index in [-0.39, 0.29) is 5.91 Å². The summed E-state index contributed by atoms with van der Waals surface area (Å²) < 4.78 is 5.69. The van der Waals surface area contributed by atoms with Crippen LogP contribution in [0, 0.1) is 11.3 Å². The molecule has 4 heteroatoms. The highest BCUT2D eigenvalue weighted by Crippen LogP contribution is 2.21. The quantitative estimate of drug-likeness (QED) is 0.765. The number of nitrogens with one attached hydrogen (secondary N) is 1. The predicted octanol–water partition coefficient (Wildman–Crippen LogP) is 4.60. The van der Waals surface area contributed by atoms with Crippen LogP contribution in [0.3, 0.4) is 0 Å². The van der Waals surface area contributed by atoms with Gasteiger partial charge in [-0.1, -0.05) is 24.3 Å². The third kappa shape index (κ3) is 3.79. The molecule has 116 valence electrons. The maximum absolute atomic E-state index is 12.2. The molecule has 3 rings (SSSR count). The van der Waals surface area contributed by atoms with Crippen LogP contribution in [0.5, 0.6) is 11.5 Å². The van der Waals surface area contributed by atoms with Crippen molar-refractivity contribution in [2.24, 2.45) is 0 Å². The van der Waals surface area contributed by atoms with Gasteiger partial charge in [0.05, 0.1) is 11.6 Å². The van der Waals surface area contributed by atoms with Crippen LogP contribution < -0.4 is 10.1 Å². The average Bonchev–Trinajstić information content (AvgIpc) is 2.63. The number of carbonyl (C=O) groups excluding carboxylic acids is 1. The van der Waals surface area contributed by atoms with Gasteiger partial charge in [0.2, 0.25) is 0 Å². The summed E-state index contributed by atoms with van der Waals surface area (Å²) >= 11 is 0. The highest BCUT2D eigenvalue weighted by Gasteiger charge is 2.07. The van der Waals surface area contributed by atoms with E-state index in [1.54, 1.807) is 48.5 Å². The fourth-order valence-corrected chi connectivity index (χ4v) is 2.17. The van der Waals surface area contributed by atoms with E-state index in [4.69, 9.17) is 10.00 Å². The molecule has 0 radical (unpaired) electrons. The second-order valence-electron chi connectivity index (χ2n) is 5.09. The Morgan fingerprint density at radius 2 is 1.58 bits per heavy atom. The third-order valence-electron chi connectivity index (χ3n) is 3.34. The first kappa shape index (κ1) is 15.3. The molecule has 0 heterocycles. The summed E-state index contributed by atoms with van der Waals surface area (Å²) in [6.45, 7) is 0. The SMILES string of the molecule is N#Cc1cccc(NC(=O)c2ccc(Oc3ccccc3)cc2)c1. The molecule has 0 aliphatic heterocycles. The summed E-state index contributed by atoms with van der Waals surface area (Å²) in [6, 6.07) is 25.1. The normalized spacial score (nSPS) is 9.79. The van der Waals surface area contributed by atoms with E-state index in [1.165, 1.54) is 0 Å². The van der Waals surface area contributed by atoms with Crippen molar-refractivity contribution in [3.63, 3.8) is 0 Å². The Hall–Kier alpha value is -3.58. The number of rotatable bonds is 4. The lowest BCUT2D eigenvalue weighted by Gasteiger charge is -2.08. The monoisotopic (exact) mass is 314 g/mol. The summed E-state index contributed by atoms with van der Waals surface area (Å²) in [4.78, 5) is 12.2. The van der Waals surface area contributed by atoms with Gasteiger partial charge >= 0.3 is 0 Å². The number of nitrogens with zero attached hydrogens (tertiary/aromatic N) is 1. The molecular formula is C20H14N2O2. The van der Waals surface area contributed by atoms with E-state index >= 15 is 0 Å². The van der Waals surface area contributed by atoms with E-state index < -0.39 is 0 Å². The molecule has 3 aromatic rings. The number of hydrogen-bond acceptors (Lipinski definition) is 3. The molecule has 0 aromatic heterocycles. The van der Waals surface area contributed by atoms with Crippen molar-refractivity contribution in [3.8, 4) is 17.6 Å². The molecule has 1 amide bonds. The van der Waals surface area contributed by atoms with Gasteiger partial charge < -0.3 is 10.1 Å².